The molecule has 56 heavy (non-hydrogen) atoms. The molecular formula is C53H73NO2. The molecule has 0 aliphatic heterocycles. The van der Waals surface area contributed by atoms with E-state index in [4.69, 9.17) is 4.74 Å². The van der Waals surface area contributed by atoms with Crippen LogP contribution in [0.2, 0.25) is 0 Å². The van der Waals surface area contributed by atoms with Crippen molar-refractivity contribution in [1.29, 1.82) is 0 Å². The third-order valence-corrected chi connectivity index (χ3v) is 13.3. The molecule has 0 spiro atoms. The van der Waals surface area contributed by atoms with E-state index in [2.05, 4.69) is 144 Å². The van der Waals surface area contributed by atoms with Crippen LogP contribution in [0.4, 0.5) is 4.79 Å². The van der Waals surface area contributed by atoms with Gasteiger partial charge < -0.3 is 4.74 Å². The van der Waals surface area contributed by atoms with Crippen molar-refractivity contribution >= 4 is 27.9 Å². The van der Waals surface area contributed by atoms with Crippen molar-refractivity contribution in [3.05, 3.63) is 94.0 Å². The number of benzene rings is 4. The molecule has 3 heteroatoms. The summed E-state index contributed by atoms with van der Waals surface area (Å²) < 4.78 is 8.12. The molecule has 0 fully saturated rings. The Balaban J connectivity index is 1.89. The first-order valence-electron chi connectivity index (χ1n) is 22.2. The second-order valence-electron chi connectivity index (χ2n) is 18.3. The van der Waals surface area contributed by atoms with Crippen LogP contribution in [-0.2, 0) is 4.74 Å². The zero-order valence-corrected chi connectivity index (χ0v) is 37.7. The van der Waals surface area contributed by atoms with Crippen LogP contribution in [0.15, 0.2) is 60.7 Å². The highest BCUT2D eigenvalue weighted by atomic mass is 16.6. The molecule has 4 aromatic carbocycles. The van der Waals surface area contributed by atoms with E-state index in [-0.39, 0.29) is 6.09 Å². The molecule has 0 bridgehead atoms. The van der Waals surface area contributed by atoms with Gasteiger partial charge in [-0.1, -0.05) is 132 Å². The normalized spacial score (nSPS) is 15.5. The van der Waals surface area contributed by atoms with Crippen molar-refractivity contribution in [3.63, 3.8) is 0 Å². The Kier molecular flexibility index (Phi) is 13.7. The van der Waals surface area contributed by atoms with E-state index in [1.54, 1.807) is 0 Å². The van der Waals surface area contributed by atoms with Crippen LogP contribution in [0.25, 0.3) is 44.1 Å². The molecule has 1 heterocycles. The van der Waals surface area contributed by atoms with Crippen LogP contribution in [0.3, 0.4) is 0 Å². The number of fused-ring (bicyclic) bond motifs is 3. The van der Waals surface area contributed by atoms with E-state index in [1.807, 2.05) is 25.3 Å². The van der Waals surface area contributed by atoms with Crippen molar-refractivity contribution in [2.24, 2.45) is 0 Å². The smallest absolute Gasteiger partial charge is 0.419 e. The summed E-state index contributed by atoms with van der Waals surface area (Å²) in [4.78, 5) is 14.6. The summed E-state index contributed by atoms with van der Waals surface area (Å²) in [7, 11) is 0. The summed E-state index contributed by atoms with van der Waals surface area (Å²) in [5.41, 5.74) is 14.7. The molecule has 6 unspecified atom stereocenters. The van der Waals surface area contributed by atoms with Crippen LogP contribution in [0.5, 0.6) is 0 Å². The fourth-order valence-electron chi connectivity index (χ4n) is 8.40. The minimum absolute atomic E-state index is 0.334. The Bertz CT molecular complexity index is 1960. The molecule has 0 saturated heterocycles. The molecule has 302 valence electrons. The number of nitrogens with zero attached hydrogens (tertiary/aromatic N) is 1. The van der Waals surface area contributed by atoms with Crippen molar-refractivity contribution in [3.8, 4) is 22.3 Å². The SMILES string of the molecule is CCC(C)c1cc(C(C)CC)c(-c2ccc3c4ccc(-c5c(C(C)CC)cc(C(C)CC)cc5C(C)CC)cc4n(C(=O)OC(C)(C)C)c3c2)c(C(C)CC)c1. The molecule has 5 rings (SSSR count). The van der Waals surface area contributed by atoms with E-state index in [0.29, 0.717) is 35.5 Å². The number of rotatable bonds is 14. The molecule has 0 N–H and O–H groups in total. The lowest BCUT2D eigenvalue weighted by atomic mass is 9.79. The number of carbonyl (C=O) groups is 1. The van der Waals surface area contributed by atoms with Gasteiger partial charge in [-0.3, -0.25) is 0 Å². The second kappa shape index (κ2) is 17.7. The zero-order chi connectivity index (χ0) is 41.2. The fraction of sp³-hybridized carbons (Fsp3) is 0.528. The quantitative estimate of drug-likeness (QED) is 0.113. The zero-order valence-electron chi connectivity index (χ0n) is 37.7. The lowest BCUT2D eigenvalue weighted by Crippen LogP contribution is -2.27. The molecule has 3 nitrogen and oxygen atoms in total. The Morgan fingerprint density at radius 1 is 0.500 bits per heavy atom. The van der Waals surface area contributed by atoms with Crippen molar-refractivity contribution in [2.75, 3.05) is 0 Å². The molecular weight excluding hydrogens is 683 g/mol. The van der Waals surface area contributed by atoms with Crippen molar-refractivity contribution < 1.29 is 9.53 Å². The maximum absolute atomic E-state index is 14.6. The molecule has 1 aromatic heterocycles. The monoisotopic (exact) mass is 756 g/mol. The lowest BCUT2D eigenvalue weighted by molar-refractivity contribution is 0.0551. The standard InChI is InChI=1S/C53H73NO2/c1-16-32(7)40-26-44(34(9)18-3)50(45(27-40)35(10)19-4)38-22-24-42-43-25-23-39(31-49(43)54(48(42)30-38)52(55)56-53(13,14)15)51-46(36(11)20-5)28-41(33(8)17-2)29-47(51)37(12)21-6/h22-37H,16-21H2,1-15H3. The topological polar surface area (TPSA) is 31.2 Å². The van der Waals surface area contributed by atoms with Gasteiger partial charge in [0.25, 0.3) is 0 Å². The number of aromatic nitrogens is 1. The minimum Gasteiger partial charge on any atom is -0.443 e. The van der Waals surface area contributed by atoms with Gasteiger partial charge in [-0.25, -0.2) is 9.36 Å². The van der Waals surface area contributed by atoms with Crippen molar-refractivity contribution in [1.82, 2.24) is 4.57 Å². The minimum atomic E-state index is -0.645. The first-order valence-corrected chi connectivity index (χ1v) is 22.2. The van der Waals surface area contributed by atoms with Crippen LogP contribution in [0, 0.1) is 0 Å². The summed E-state index contributed by atoms with van der Waals surface area (Å²) >= 11 is 0. The molecule has 5 aromatic rings. The van der Waals surface area contributed by atoms with Gasteiger partial charge in [-0.05, 0) is 163 Å². The van der Waals surface area contributed by atoms with E-state index in [1.165, 1.54) is 55.6 Å². The van der Waals surface area contributed by atoms with Crippen LogP contribution < -0.4 is 0 Å². The average molecular weight is 756 g/mol. The van der Waals surface area contributed by atoms with Gasteiger partial charge in [0.1, 0.15) is 5.60 Å². The van der Waals surface area contributed by atoms with Crippen molar-refractivity contribution in [2.45, 2.75) is 183 Å². The summed E-state index contributed by atoms with van der Waals surface area (Å²) in [6.07, 6.45) is 6.16. The van der Waals surface area contributed by atoms with Crippen LogP contribution in [-0.4, -0.2) is 16.3 Å². The molecule has 0 saturated carbocycles. The molecule has 0 aliphatic rings. The van der Waals surface area contributed by atoms with E-state index < -0.39 is 5.60 Å². The summed E-state index contributed by atoms with van der Waals surface area (Å²) in [5.74, 6) is 2.59. The highest BCUT2D eigenvalue weighted by Gasteiger charge is 2.27. The number of carbonyl (C=O) groups excluding carboxylic acids is 1. The summed E-state index contributed by atoms with van der Waals surface area (Å²) in [5, 5.41) is 2.15. The average Bonchev–Trinajstić information content (AvgIpc) is 3.53. The molecule has 0 aliphatic carbocycles. The number of hydrogen-bond acceptors (Lipinski definition) is 2. The number of ether oxygens (including phenoxy) is 1. The first kappa shape index (κ1) is 43.3. The van der Waals surface area contributed by atoms with Gasteiger partial charge in [-0.2, -0.15) is 0 Å². The van der Waals surface area contributed by atoms with Gasteiger partial charge in [-0.15, -0.1) is 0 Å². The second-order valence-corrected chi connectivity index (χ2v) is 18.3. The van der Waals surface area contributed by atoms with Gasteiger partial charge in [0.15, 0.2) is 0 Å². The van der Waals surface area contributed by atoms with E-state index >= 15 is 0 Å². The van der Waals surface area contributed by atoms with Gasteiger partial charge in [0.2, 0.25) is 0 Å². The maximum atomic E-state index is 14.6. The van der Waals surface area contributed by atoms with Crippen LogP contribution in [0.1, 0.15) is 211 Å². The highest BCUT2D eigenvalue weighted by Crippen LogP contribution is 2.45. The van der Waals surface area contributed by atoms with Gasteiger partial charge in [0.05, 0.1) is 11.0 Å². The maximum Gasteiger partial charge on any atom is 0.419 e. The van der Waals surface area contributed by atoms with E-state index in [9.17, 15) is 4.79 Å². The third kappa shape index (κ3) is 8.53. The predicted octanol–water partition coefficient (Wildman–Crippen LogP) is 17.0. The Morgan fingerprint density at radius 3 is 1.07 bits per heavy atom. The lowest BCUT2D eigenvalue weighted by Gasteiger charge is -2.26. The molecule has 0 amide bonds. The van der Waals surface area contributed by atoms with E-state index in [0.717, 1.165) is 60.3 Å². The summed E-state index contributed by atoms with van der Waals surface area (Å²) in [6, 6.07) is 23.6. The third-order valence-electron chi connectivity index (χ3n) is 13.3. The van der Waals surface area contributed by atoms with Gasteiger partial charge >= 0.3 is 6.09 Å². The number of hydrogen-bond donors (Lipinski definition) is 0. The van der Waals surface area contributed by atoms with Crippen LogP contribution >= 0.6 is 0 Å². The van der Waals surface area contributed by atoms with Gasteiger partial charge in [0, 0.05) is 10.8 Å². The predicted molar refractivity (Wildman–Crippen MR) is 244 cm³/mol. The Labute approximate surface area is 340 Å². The Hall–Kier alpha value is -3.85. The molecule has 6 atom stereocenters. The first-order chi connectivity index (χ1) is 26.5. The Morgan fingerprint density at radius 2 is 0.804 bits per heavy atom. The fourth-order valence-corrected chi connectivity index (χ4v) is 8.40. The largest absolute Gasteiger partial charge is 0.443 e. The molecule has 0 radical (unpaired) electrons. The highest BCUT2D eigenvalue weighted by molar-refractivity contribution is 6.14. The summed E-state index contributed by atoms with van der Waals surface area (Å²) in [6.45, 7) is 33.8.